The van der Waals surface area contributed by atoms with Crippen LogP contribution in [0, 0.1) is 11.8 Å². The molecule has 0 aromatic heterocycles. The molecule has 1 unspecified atom stereocenters. The van der Waals surface area contributed by atoms with Crippen molar-refractivity contribution in [3.05, 3.63) is 0 Å². The first-order valence-electron chi connectivity index (χ1n) is 7.29. The highest BCUT2D eigenvalue weighted by atomic mass is 32.3. The van der Waals surface area contributed by atoms with Gasteiger partial charge in [-0.3, -0.25) is 4.55 Å². The van der Waals surface area contributed by atoms with Crippen molar-refractivity contribution in [2.45, 2.75) is 49.5 Å². The number of hydrogen-bond donors (Lipinski definition) is 8. The van der Waals surface area contributed by atoms with Gasteiger partial charge in [0.1, 0.15) is 18.3 Å². The van der Waals surface area contributed by atoms with E-state index >= 15 is 0 Å². The molecule has 0 spiro atoms. The van der Waals surface area contributed by atoms with Crippen molar-refractivity contribution in [3.8, 4) is 0 Å². The van der Waals surface area contributed by atoms with Crippen LogP contribution in [0.15, 0.2) is 0 Å². The van der Waals surface area contributed by atoms with Crippen LogP contribution < -0.4 is 0 Å². The molecule has 0 radical (unpaired) electrons. The van der Waals surface area contributed by atoms with Gasteiger partial charge in [0.25, 0.3) is 0 Å². The van der Waals surface area contributed by atoms with E-state index < -0.39 is 72.1 Å². The summed E-state index contributed by atoms with van der Waals surface area (Å²) in [5.74, 6) is -1.43. The summed E-state index contributed by atoms with van der Waals surface area (Å²) in [7, 11) is -5.09. The average Bonchev–Trinajstić information content (AvgIpc) is 2.76. The van der Waals surface area contributed by atoms with Crippen LogP contribution in [0.2, 0.25) is 0 Å². The van der Waals surface area contributed by atoms with Crippen LogP contribution in [0.5, 0.6) is 0 Å². The summed E-state index contributed by atoms with van der Waals surface area (Å²) >= 11 is 0. The van der Waals surface area contributed by atoms with Crippen molar-refractivity contribution >= 4 is 10.4 Å². The largest absolute Gasteiger partial charge is 0.397 e. The summed E-state index contributed by atoms with van der Waals surface area (Å²) in [4.78, 5) is 0. The lowest BCUT2D eigenvalue weighted by Crippen LogP contribution is -2.49. The topological polar surface area (TPSA) is 205 Å². The third kappa shape index (κ3) is 5.56. The third-order valence-electron chi connectivity index (χ3n) is 4.27. The summed E-state index contributed by atoms with van der Waals surface area (Å²) in [6.07, 6.45) is -10.3. The molecule has 8 atom stereocenters. The molecule has 0 aliphatic heterocycles. The highest BCUT2D eigenvalue weighted by molar-refractivity contribution is 7.80. The molecule has 0 bridgehead atoms. The fourth-order valence-electron chi connectivity index (χ4n) is 2.98. The van der Waals surface area contributed by atoms with Gasteiger partial charge in [-0.1, -0.05) is 0 Å². The molecule has 12 heteroatoms. The molecule has 8 N–H and O–H groups in total. The lowest BCUT2D eigenvalue weighted by molar-refractivity contribution is -0.110. The molecule has 1 rings (SSSR count). The third-order valence-corrected chi connectivity index (χ3v) is 4.73. The van der Waals surface area contributed by atoms with Crippen molar-refractivity contribution in [1.29, 1.82) is 0 Å². The van der Waals surface area contributed by atoms with E-state index in [1.807, 2.05) is 0 Å². The highest BCUT2D eigenvalue weighted by Crippen LogP contribution is 2.36. The van der Waals surface area contributed by atoms with E-state index in [1.165, 1.54) is 0 Å². The maximum Gasteiger partial charge on any atom is 0.397 e. The number of hydrogen-bond acceptors (Lipinski definition) is 10. The molecule has 1 fully saturated rings. The van der Waals surface area contributed by atoms with Crippen molar-refractivity contribution in [1.82, 2.24) is 0 Å². The Morgan fingerprint density at radius 2 is 1.67 bits per heavy atom. The van der Waals surface area contributed by atoms with E-state index in [0.717, 1.165) is 0 Å². The maximum atomic E-state index is 10.9. The Labute approximate surface area is 138 Å². The van der Waals surface area contributed by atoms with E-state index in [4.69, 9.17) is 9.66 Å². The van der Waals surface area contributed by atoms with Gasteiger partial charge in [-0.15, -0.1) is 0 Å². The molecular formula is C12H24O11S. The smallest absolute Gasteiger partial charge is 0.396 e. The molecular weight excluding hydrogens is 352 g/mol. The lowest BCUT2D eigenvalue weighted by Gasteiger charge is -2.30. The van der Waals surface area contributed by atoms with Crippen molar-refractivity contribution in [2.75, 3.05) is 13.2 Å². The van der Waals surface area contributed by atoms with Crippen LogP contribution in [-0.4, -0.2) is 98.6 Å². The second-order valence-electron chi connectivity index (χ2n) is 5.93. The van der Waals surface area contributed by atoms with Gasteiger partial charge < -0.3 is 35.7 Å². The molecule has 1 aliphatic carbocycles. The second-order valence-corrected chi connectivity index (χ2v) is 6.98. The Morgan fingerprint density at radius 1 is 1.08 bits per heavy atom. The SMILES string of the molecule is O=S(=O)(O)O[C@@H]([C@H](O)[C@@H](O)CO)[C@H](O)CC1C[C@@H](O)[C@H](O)[C@H]1CO. The van der Waals surface area contributed by atoms with Crippen LogP contribution >= 0.6 is 0 Å². The molecule has 1 aliphatic rings. The molecule has 144 valence electrons. The van der Waals surface area contributed by atoms with E-state index in [2.05, 4.69) is 4.18 Å². The molecule has 24 heavy (non-hydrogen) atoms. The van der Waals surface area contributed by atoms with Crippen molar-refractivity contribution in [3.63, 3.8) is 0 Å². The van der Waals surface area contributed by atoms with Crippen LogP contribution in [-0.2, 0) is 14.6 Å². The summed E-state index contributed by atoms with van der Waals surface area (Å²) in [6, 6.07) is 0. The first-order chi connectivity index (χ1) is 11.0. The number of aliphatic hydroxyl groups excluding tert-OH is 7. The Balaban J connectivity index is 2.89. The zero-order valence-corrected chi connectivity index (χ0v) is 13.5. The van der Waals surface area contributed by atoms with Crippen LogP contribution in [0.1, 0.15) is 12.8 Å². The minimum Gasteiger partial charge on any atom is -0.396 e. The van der Waals surface area contributed by atoms with E-state index in [1.54, 1.807) is 0 Å². The van der Waals surface area contributed by atoms with E-state index in [-0.39, 0.29) is 12.8 Å². The van der Waals surface area contributed by atoms with Gasteiger partial charge >= 0.3 is 10.4 Å². The molecule has 11 nitrogen and oxygen atoms in total. The van der Waals surface area contributed by atoms with Crippen LogP contribution in [0.4, 0.5) is 0 Å². The first kappa shape index (κ1) is 21.6. The molecule has 1 saturated carbocycles. The van der Waals surface area contributed by atoms with Gasteiger partial charge in [0.15, 0.2) is 0 Å². The van der Waals surface area contributed by atoms with Gasteiger partial charge in [0, 0.05) is 12.5 Å². The minimum absolute atomic E-state index is 0.000692. The van der Waals surface area contributed by atoms with E-state index in [9.17, 15) is 39.1 Å². The van der Waals surface area contributed by atoms with Gasteiger partial charge in [0.2, 0.25) is 0 Å². The molecule has 0 amide bonds. The van der Waals surface area contributed by atoms with Gasteiger partial charge in [0.05, 0.1) is 24.9 Å². The summed E-state index contributed by atoms with van der Waals surface area (Å²) in [5, 5.41) is 66.7. The minimum atomic E-state index is -5.09. The summed E-state index contributed by atoms with van der Waals surface area (Å²) in [6.45, 7) is -1.46. The highest BCUT2D eigenvalue weighted by Gasteiger charge is 2.44. The zero-order valence-electron chi connectivity index (χ0n) is 12.7. The predicted octanol–water partition coefficient (Wildman–Crippen LogP) is -4.01. The quantitative estimate of drug-likeness (QED) is 0.182. The normalized spacial score (nSPS) is 33.2. The number of aliphatic hydroxyl groups is 7. The molecule has 0 aromatic rings. The van der Waals surface area contributed by atoms with Crippen molar-refractivity contribution < 1.29 is 52.9 Å². The molecule has 0 heterocycles. The van der Waals surface area contributed by atoms with Gasteiger partial charge in [-0.2, -0.15) is 8.42 Å². The fraction of sp³-hybridized carbons (Fsp3) is 1.00. The zero-order chi connectivity index (χ0) is 18.7. The van der Waals surface area contributed by atoms with Gasteiger partial charge in [-0.25, -0.2) is 4.18 Å². The molecule has 0 saturated heterocycles. The lowest BCUT2D eigenvalue weighted by atomic mass is 9.87. The monoisotopic (exact) mass is 376 g/mol. The summed E-state index contributed by atoms with van der Waals surface area (Å²) < 4.78 is 34.7. The predicted molar refractivity (Wildman–Crippen MR) is 76.8 cm³/mol. The van der Waals surface area contributed by atoms with Gasteiger partial charge in [-0.05, 0) is 18.8 Å². The Bertz CT molecular complexity index is 483. The second kappa shape index (κ2) is 8.80. The molecule has 0 aromatic carbocycles. The van der Waals surface area contributed by atoms with Crippen LogP contribution in [0.3, 0.4) is 0 Å². The van der Waals surface area contributed by atoms with Crippen LogP contribution in [0.25, 0.3) is 0 Å². The fourth-order valence-corrected chi connectivity index (χ4v) is 3.50. The maximum absolute atomic E-state index is 10.9. The summed E-state index contributed by atoms with van der Waals surface area (Å²) in [5.41, 5.74) is 0. The Morgan fingerprint density at radius 3 is 2.12 bits per heavy atom. The first-order valence-corrected chi connectivity index (χ1v) is 8.66. The Hall–Kier alpha value is -0.410. The van der Waals surface area contributed by atoms with Crippen molar-refractivity contribution in [2.24, 2.45) is 11.8 Å². The standard InChI is InChI=1S/C12H24O11S/c13-3-6-5(1-7(15)10(6)18)2-8(16)12(23-24(20,21)22)11(19)9(17)4-14/h5-19H,1-4H2,(H,20,21,22)/t5?,6-,7+,8+,9-,10+,11+,12+/m0/s1. The Kier molecular flexibility index (Phi) is 7.93. The number of rotatable bonds is 9. The van der Waals surface area contributed by atoms with E-state index in [0.29, 0.717) is 0 Å². The average molecular weight is 376 g/mol.